The minimum absolute atomic E-state index is 0.291. The first kappa shape index (κ1) is 20.1. The summed E-state index contributed by atoms with van der Waals surface area (Å²) < 4.78 is 5.17. The number of ketones is 1. The fourth-order valence-electron chi connectivity index (χ4n) is 3.68. The Morgan fingerprint density at radius 2 is 2.00 bits per heavy atom. The molecule has 0 fully saturated rings. The number of halogens is 1. The maximum Gasteiger partial charge on any atom is 0.264 e. The van der Waals surface area contributed by atoms with Crippen molar-refractivity contribution in [3.05, 3.63) is 94.4 Å². The van der Waals surface area contributed by atoms with E-state index in [4.69, 9.17) is 16.0 Å². The highest BCUT2D eigenvalue weighted by Crippen LogP contribution is 2.44. The normalized spacial score (nSPS) is 18.2. The predicted molar refractivity (Wildman–Crippen MR) is 115 cm³/mol. The molecule has 0 aliphatic carbocycles. The molecule has 0 saturated heterocycles. The number of carbonyl (C=O) groups is 2. The second-order valence-corrected chi connectivity index (χ2v) is 7.77. The molecule has 0 spiro atoms. The molecule has 4 rings (SSSR count). The van der Waals surface area contributed by atoms with E-state index in [1.807, 2.05) is 31.2 Å². The van der Waals surface area contributed by atoms with Crippen LogP contribution in [0.1, 0.15) is 28.9 Å². The molecule has 1 amide bonds. The number of fused-ring (bicyclic) bond motifs is 1. The number of hydrogen-bond donors (Lipinski definition) is 1. The van der Waals surface area contributed by atoms with Crippen LogP contribution in [0.15, 0.2) is 71.4 Å². The van der Waals surface area contributed by atoms with E-state index in [2.05, 4.69) is 0 Å². The van der Waals surface area contributed by atoms with Crippen LogP contribution >= 0.6 is 11.6 Å². The number of rotatable bonds is 6. The van der Waals surface area contributed by atoms with Crippen LogP contribution in [-0.2, 0) is 21.7 Å². The highest BCUT2D eigenvalue weighted by atomic mass is 35.5. The molecular weight excluding hydrogens is 402 g/mol. The van der Waals surface area contributed by atoms with Crippen molar-refractivity contribution in [3.8, 4) is 0 Å². The minimum Gasteiger partial charge on any atom is -0.465 e. The first-order chi connectivity index (χ1) is 14.4. The summed E-state index contributed by atoms with van der Waals surface area (Å²) in [6.07, 6.45) is 3.92. The van der Waals surface area contributed by atoms with Gasteiger partial charge in [0.1, 0.15) is 5.76 Å². The van der Waals surface area contributed by atoms with Gasteiger partial charge in [-0.1, -0.05) is 35.9 Å². The largest absolute Gasteiger partial charge is 0.465 e. The predicted octanol–water partition coefficient (Wildman–Crippen LogP) is 4.65. The van der Waals surface area contributed by atoms with Gasteiger partial charge in [0.2, 0.25) is 0 Å². The average Bonchev–Trinajstić information content (AvgIpc) is 3.30. The summed E-state index contributed by atoms with van der Waals surface area (Å²) in [6.45, 7) is 2.26. The van der Waals surface area contributed by atoms with Crippen molar-refractivity contribution in [2.24, 2.45) is 0 Å². The molecule has 1 aromatic heterocycles. The number of aryl methyl sites for hydroxylation is 1. The summed E-state index contributed by atoms with van der Waals surface area (Å²) in [6, 6.07) is 16.1. The van der Waals surface area contributed by atoms with Crippen molar-refractivity contribution in [2.45, 2.75) is 25.5 Å². The van der Waals surface area contributed by atoms with Crippen LogP contribution in [0.4, 0.5) is 5.69 Å². The second-order valence-electron chi connectivity index (χ2n) is 7.33. The Morgan fingerprint density at radius 3 is 2.73 bits per heavy atom. The second kappa shape index (κ2) is 7.94. The number of aliphatic hydroxyl groups is 1. The highest BCUT2D eigenvalue weighted by Gasteiger charge is 2.50. The van der Waals surface area contributed by atoms with Crippen LogP contribution in [0.5, 0.6) is 0 Å². The third-order valence-corrected chi connectivity index (χ3v) is 5.53. The lowest BCUT2D eigenvalue weighted by Gasteiger charge is -2.23. The van der Waals surface area contributed by atoms with Crippen molar-refractivity contribution < 1.29 is 19.1 Å². The van der Waals surface area contributed by atoms with E-state index in [-0.39, 0.29) is 6.42 Å². The number of nitrogens with zero attached hydrogens (tertiary/aromatic N) is 1. The Hall–Kier alpha value is -3.15. The van der Waals surface area contributed by atoms with Gasteiger partial charge in [0.05, 0.1) is 24.9 Å². The van der Waals surface area contributed by atoms with Gasteiger partial charge in [0, 0.05) is 10.6 Å². The quantitative estimate of drug-likeness (QED) is 0.588. The van der Waals surface area contributed by atoms with Gasteiger partial charge in [-0.2, -0.15) is 0 Å². The molecule has 5 nitrogen and oxygen atoms in total. The molecule has 0 radical (unpaired) electrons. The zero-order valence-corrected chi connectivity index (χ0v) is 17.1. The lowest BCUT2D eigenvalue weighted by atomic mass is 9.90. The molecule has 0 bridgehead atoms. The van der Waals surface area contributed by atoms with Crippen LogP contribution in [0, 0.1) is 6.92 Å². The lowest BCUT2D eigenvalue weighted by Crippen LogP contribution is -2.41. The zero-order valence-electron chi connectivity index (χ0n) is 16.3. The standard InChI is InChI=1S/C24H20ClNO4/c1-16-5-2-3-6-17(16)15-26-22-11-8-18(25)13-21(22)24(29,23(26)28)14-19(27)9-10-20-7-4-12-30-20/h2-13,29H,14-15H2,1H3. The van der Waals surface area contributed by atoms with E-state index in [1.165, 1.54) is 23.3 Å². The van der Waals surface area contributed by atoms with Gasteiger partial charge in [0.15, 0.2) is 11.4 Å². The Kier molecular flexibility index (Phi) is 5.33. The van der Waals surface area contributed by atoms with Crippen molar-refractivity contribution in [1.82, 2.24) is 0 Å². The maximum atomic E-state index is 13.3. The van der Waals surface area contributed by atoms with Gasteiger partial charge in [-0.05, 0) is 60.5 Å². The summed E-state index contributed by atoms with van der Waals surface area (Å²) in [5.41, 5.74) is 0.910. The van der Waals surface area contributed by atoms with Crippen molar-refractivity contribution in [2.75, 3.05) is 4.90 Å². The Morgan fingerprint density at radius 1 is 1.20 bits per heavy atom. The molecule has 1 atom stereocenters. The third-order valence-electron chi connectivity index (χ3n) is 5.29. The first-order valence-electron chi connectivity index (χ1n) is 9.52. The fourth-order valence-corrected chi connectivity index (χ4v) is 3.85. The van der Waals surface area contributed by atoms with Gasteiger partial charge in [-0.3, -0.25) is 9.59 Å². The number of amides is 1. The Bertz CT molecular complexity index is 1140. The number of hydrogen-bond acceptors (Lipinski definition) is 4. The van der Waals surface area contributed by atoms with E-state index >= 15 is 0 Å². The first-order valence-corrected chi connectivity index (χ1v) is 9.89. The number of furan rings is 1. The van der Waals surface area contributed by atoms with E-state index in [0.717, 1.165) is 11.1 Å². The Balaban J connectivity index is 1.66. The van der Waals surface area contributed by atoms with Gasteiger partial charge in [0.25, 0.3) is 5.91 Å². The van der Waals surface area contributed by atoms with E-state index in [1.54, 1.807) is 30.3 Å². The van der Waals surface area contributed by atoms with Crippen LogP contribution in [0.2, 0.25) is 5.02 Å². The SMILES string of the molecule is Cc1ccccc1CN1C(=O)C(O)(CC(=O)C=Cc2ccco2)c2cc(Cl)ccc21. The monoisotopic (exact) mass is 421 g/mol. The maximum absolute atomic E-state index is 13.3. The van der Waals surface area contributed by atoms with Crippen molar-refractivity contribution >= 4 is 35.1 Å². The molecule has 2 aromatic carbocycles. The van der Waals surface area contributed by atoms with Crippen LogP contribution < -0.4 is 4.90 Å². The molecule has 1 unspecified atom stereocenters. The molecule has 2 heterocycles. The van der Waals surface area contributed by atoms with Crippen LogP contribution in [0.25, 0.3) is 6.08 Å². The number of anilines is 1. The number of carbonyl (C=O) groups excluding carboxylic acids is 2. The molecule has 1 aliphatic rings. The molecule has 3 aromatic rings. The number of benzene rings is 2. The van der Waals surface area contributed by atoms with E-state index < -0.39 is 17.3 Å². The summed E-state index contributed by atoms with van der Waals surface area (Å²) >= 11 is 6.14. The molecular formula is C24H20ClNO4. The average molecular weight is 422 g/mol. The van der Waals surface area contributed by atoms with Gasteiger partial charge < -0.3 is 14.4 Å². The molecule has 30 heavy (non-hydrogen) atoms. The minimum atomic E-state index is -1.98. The summed E-state index contributed by atoms with van der Waals surface area (Å²) in [4.78, 5) is 27.4. The topological polar surface area (TPSA) is 70.8 Å². The lowest BCUT2D eigenvalue weighted by molar-refractivity contribution is -0.140. The highest BCUT2D eigenvalue weighted by molar-refractivity contribution is 6.31. The summed E-state index contributed by atoms with van der Waals surface area (Å²) in [5, 5.41) is 11.7. The van der Waals surface area contributed by atoms with E-state index in [0.29, 0.717) is 28.6 Å². The van der Waals surface area contributed by atoms with Gasteiger partial charge in [-0.15, -0.1) is 0 Å². The zero-order chi connectivity index (χ0) is 21.3. The Labute approximate surface area is 179 Å². The molecule has 152 valence electrons. The summed E-state index contributed by atoms with van der Waals surface area (Å²) in [7, 11) is 0. The van der Waals surface area contributed by atoms with Gasteiger partial charge in [-0.25, -0.2) is 0 Å². The smallest absolute Gasteiger partial charge is 0.264 e. The molecule has 0 saturated carbocycles. The van der Waals surface area contributed by atoms with Crippen LogP contribution in [-0.4, -0.2) is 16.8 Å². The van der Waals surface area contributed by atoms with Gasteiger partial charge >= 0.3 is 0 Å². The van der Waals surface area contributed by atoms with E-state index in [9.17, 15) is 14.7 Å². The van der Waals surface area contributed by atoms with Crippen molar-refractivity contribution in [3.63, 3.8) is 0 Å². The summed E-state index contributed by atoms with van der Waals surface area (Å²) in [5.74, 6) is -0.425. The van der Waals surface area contributed by atoms with Crippen LogP contribution in [0.3, 0.4) is 0 Å². The molecule has 1 N–H and O–H groups in total. The third kappa shape index (κ3) is 3.70. The molecule has 6 heteroatoms. The van der Waals surface area contributed by atoms with Crippen molar-refractivity contribution in [1.29, 1.82) is 0 Å². The number of allylic oxidation sites excluding steroid dienone is 1. The molecule has 1 aliphatic heterocycles. The fraction of sp³-hybridized carbons (Fsp3) is 0.167.